The van der Waals surface area contributed by atoms with Crippen molar-refractivity contribution >= 4 is 11.6 Å². The van der Waals surface area contributed by atoms with Crippen LogP contribution in [0.5, 0.6) is 11.5 Å². The second kappa shape index (κ2) is 5.82. The fourth-order valence-corrected chi connectivity index (χ4v) is 1.52. The second-order valence-corrected chi connectivity index (χ2v) is 5.53. The summed E-state index contributed by atoms with van der Waals surface area (Å²) in [7, 11) is 3.03. The lowest BCUT2D eigenvalue weighted by atomic mass is 9.97. The van der Waals surface area contributed by atoms with Crippen LogP contribution in [0, 0.1) is 5.41 Å². The number of anilines is 1. The van der Waals surface area contributed by atoms with Crippen LogP contribution in [0.1, 0.15) is 31.1 Å². The molecule has 1 rings (SSSR count). The second-order valence-electron chi connectivity index (χ2n) is 5.53. The van der Waals surface area contributed by atoms with Gasteiger partial charge in [-0.2, -0.15) is 0 Å². The first-order valence-electron chi connectivity index (χ1n) is 6.08. The van der Waals surface area contributed by atoms with Crippen LogP contribution in [0.4, 0.5) is 5.69 Å². The Hall–Kier alpha value is -1.91. The zero-order valence-corrected chi connectivity index (χ0v) is 12.2. The minimum Gasteiger partial charge on any atom is -0.497 e. The van der Waals surface area contributed by atoms with Gasteiger partial charge in [0.2, 0.25) is 0 Å². The molecule has 0 saturated carbocycles. The Kier molecular flexibility index (Phi) is 4.64. The van der Waals surface area contributed by atoms with Gasteiger partial charge in [0.25, 0.3) is 5.91 Å². The van der Waals surface area contributed by atoms with Gasteiger partial charge in [0, 0.05) is 12.6 Å². The van der Waals surface area contributed by atoms with Gasteiger partial charge < -0.3 is 20.5 Å². The Balaban J connectivity index is 3.01. The highest BCUT2D eigenvalue weighted by atomic mass is 16.5. The van der Waals surface area contributed by atoms with E-state index in [-0.39, 0.29) is 11.3 Å². The largest absolute Gasteiger partial charge is 0.497 e. The molecule has 0 spiro atoms. The van der Waals surface area contributed by atoms with Gasteiger partial charge in [-0.25, -0.2) is 0 Å². The zero-order chi connectivity index (χ0) is 14.6. The number of methoxy groups -OCH3 is 2. The average Bonchev–Trinajstić information content (AvgIpc) is 2.35. The van der Waals surface area contributed by atoms with E-state index >= 15 is 0 Å². The lowest BCUT2D eigenvalue weighted by Gasteiger charge is -2.19. The number of nitrogens with two attached hydrogens (primary N) is 1. The van der Waals surface area contributed by atoms with Crippen LogP contribution < -0.4 is 20.5 Å². The standard InChI is InChI=1S/C14H22N2O3/c1-14(2,3)8-16-13(17)10-6-9(18-4)7-11(19-5)12(10)15/h6-7H,8,15H2,1-5H3,(H,16,17). The van der Waals surface area contributed by atoms with Crippen LogP contribution in [0.15, 0.2) is 12.1 Å². The Morgan fingerprint density at radius 2 is 1.89 bits per heavy atom. The summed E-state index contributed by atoms with van der Waals surface area (Å²) in [6.07, 6.45) is 0. The summed E-state index contributed by atoms with van der Waals surface area (Å²) < 4.78 is 10.3. The van der Waals surface area contributed by atoms with Gasteiger partial charge in [0.05, 0.1) is 25.5 Å². The van der Waals surface area contributed by atoms with Crippen LogP contribution >= 0.6 is 0 Å². The van der Waals surface area contributed by atoms with Crippen molar-refractivity contribution in [3.63, 3.8) is 0 Å². The number of carbonyl (C=O) groups excluding carboxylic acids is 1. The monoisotopic (exact) mass is 266 g/mol. The summed E-state index contributed by atoms with van der Waals surface area (Å²) >= 11 is 0. The summed E-state index contributed by atoms with van der Waals surface area (Å²) in [5.74, 6) is 0.733. The quantitative estimate of drug-likeness (QED) is 0.818. The van der Waals surface area contributed by atoms with Gasteiger partial charge >= 0.3 is 0 Å². The van der Waals surface area contributed by atoms with Crippen LogP contribution in [0.3, 0.4) is 0 Å². The summed E-state index contributed by atoms with van der Waals surface area (Å²) in [5, 5.41) is 2.85. The van der Waals surface area contributed by atoms with Crippen LogP contribution in [-0.4, -0.2) is 26.7 Å². The molecule has 0 aliphatic carbocycles. The van der Waals surface area contributed by atoms with E-state index < -0.39 is 0 Å². The third-order valence-electron chi connectivity index (χ3n) is 2.60. The molecule has 0 aliphatic rings. The predicted octanol–water partition coefficient (Wildman–Crippen LogP) is 2.06. The number of amides is 1. The number of nitrogens with one attached hydrogen (secondary N) is 1. The van der Waals surface area contributed by atoms with Crippen molar-refractivity contribution in [3.05, 3.63) is 17.7 Å². The van der Waals surface area contributed by atoms with Gasteiger partial charge in [-0.1, -0.05) is 20.8 Å². The molecule has 3 N–H and O–H groups in total. The number of hydrogen-bond donors (Lipinski definition) is 2. The van der Waals surface area contributed by atoms with Crippen molar-refractivity contribution in [1.29, 1.82) is 0 Å². The van der Waals surface area contributed by atoms with E-state index in [9.17, 15) is 4.79 Å². The molecule has 5 nitrogen and oxygen atoms in total. The maximum absolute atomic E-state index is 12.1. The minimum atomic E-state index is -0.232. The van der Waals surface area contributed by atoms with Crippen molar-refractivity contribution in [2.45, 2.75) is 20.8 Å². The molecular formula is C14H22N2O3. The predicted molar refractivity (Wildman–Crippen MR) is 75.7 cm³/mol. The van der Waals surface area contributed by atoms with Gasteiger partial charge in [0.15, 0.2) is 0 Å². The highest BCUT2D eigenvalue weighted by Crippen LogP contribution is 2.31. The molecule has 0 aromatic heterocycles. The molecule has 0 radical (unpaired) electrons. The van der Waals surface area contributed by atoms with E-state index in [1.165, 1.54) is 14.2 Å². The van der Waals surface area contributed by atoms with Crippen LogP contribution in [-0.2, 0) is 0 Å². The van der Waals surface area contributed by atoms with E-state index in [0.717, 1.165) is 0 Å². The molecule has 0 heterocycles. The highest BCUT2D eigenvalue weighted by molar-refractivity contribution is 6.01. The molecule has 19 heavy (non-hydrogen) atoms. The Labute approximate surface area is 114 Å². The molecular weight excluding hydrogens is 244 g/mol. The maximum Gasteiger partial charge on any atom is 0.253 e. The van der Waals surface area contributed by atoms with Crippen molar-refractivity contribution in [2.75, 3.05) is 26.5 Å². The van der Waals surface area contributed by atoms with Gasteiger partial charge in [-0.15, -0.1) is 0 Å². The molecule has 1 aromatic carbocycles. The number of carbonyl (C=O) groups is 1. The van der Waals surface area contributed by atoms with E-state index in [4.69, 9.17) is 15.2 Å². The van der Waals surface area contributed by atoms with Crippen LogP contribution in [0.2, 0.25) is 0 Å². The number of hydrogen-bond acceptors (Lipinski definition) is 4. The molecule has 106 valence electrons. The molecule has 0 unspecified atom stereocenters. The molecule has 0 saturated heterocycles. The molecule has 0 fully saturated rings. The molecule has 5 heteroatoms. The normalized spacial score (nSPS) is 11.0. The SMILES string of the molecule is COc1cc(OC)c(N)c(C(=O)NCC(C)(C)C)c1. The first kappa shape index (κ1) is 15.1. The smallest absolute Gasteiger partial charge is 0.253 e. The number of ether oxygens (including phenoxy) is 2. The topological polar surface area (TPSA) is 73.6 Å². The fourth-order valence-electron chi connectivity index (χ4n) is 1.52. The van der Waals surface area contributed by atoms with E-state index in [1.807, 2.05) is 20.8 Å². The Morgan fingerprint density at radius 1 is 1.26 bits per heavy atom. The molecule has 1 amide bonds. The van der Waals surface area contributed by atoms with Gasteiger partial charge in [-0.05, 0) is 11.5 Å². The highest BCUT2D eigenvalue weighted by Gasteiger charge is 2.18. The third kappa shape index (κ3) is 4.05. The molecule has 0 bridgehead atoms. The Bertz CT molecular complexity index is 464. The lowest BCUT2D eigenvalue weighted by molar-refractivity contribution is 0.0939. The van der Waals surface area contributed by atoms with Crippen molar-refractivity contribution in [2.24, 2.45) is 5.41 Å². The van der Waals surface area contributed by atoms with E-state index in [2.05, 4.69) is 5.32 Å². The van der Waals surface area contributed by atoms with E-state index in [0.29, 0.717) is 29.3 Å². The maximum atomic E-state index is 12.1. The van der Waals surface area contributed by atoms with Crippen molar-refractivity contribution in [1.82, 2.24) is 5.32 Å². The molecule has 0 atom stereocenters. The molecule has 0 aliphatic heterocycles. The van der Waals surface area contributed by atoms with Crippen molar-refractivity contribution < 1.29 is 14.3 Å². The summed E-state index contributed by atoms with van der Waals surface area (Å²) in [6, 6.07) is 3.26. The van der Waals surface area contributed by atoms with Crippen LogP contribution in [0.25, 0.3) is 0 Å². The summed E-state index contributed by atoms with van der Waals surface area (Å²) in [5.41, 5.74) is 6.60. The molecule has 1 aromatic rings. The summed E-state index contributed by atoms with van der Waals surface area (Å²) in [4.78, 5) is 12.1. The number of rotatable bonds is 4. The number of benzene rings is 1. The lowest BCUT2D eigenvalue weighted by Crippen LogP contribution is -2.32. The van der Waals surface area contributed by atoms with Crippen molar-refractivity contribution in [3.8, 4) is 11.5 Å². The third-order valence-corrected chi connectivity index (χ3v) is 2.60. The fraction of sp³-hybridized carbons (Fsp3) is 0.500. The van der Waals surface area contributed by atoms with E-state index in [1.54, 1.807) is 12.1 Å². The van der Waals surface area contributed by atoms with Gasteiger partial charge in [0.1, 0.15) is 11.5 Å². The number of nitrogen functional groups attached to an aromatic ring is 1. The average molecular weight is 266 g/mol. The first-order chi connectivity index (χ1) is 8.78. The summed E-state index contributed by atoms with van der Waals surface area (Å²) in [6.45, 7) is 6.69. The Morgan fingerprint density at radius 3 is 2.37 bits per heavy atom. The van der Waals surface area contributed by atoms with Gasteiger partial charge in [-0.3, -0.25) is 4.79 Å². The first-order valence-corrected chi connectivity index (χ1v) is 6.08. The minimum absolute atomic E-state index is 0.00732. The zero-order valence-electron chi connectivity index (χ0n) is 12.2.